The van der Waals surface area contributed by atoms with Crippen LogP contribution in [0.3, 0.4) is 0 Å². The molecule has 1 aromatic rings. The van der Waals surface area contributed by atoms with E-state index in [1.807, 2.05) is 0 Å². The minimum atomic E-state index is -4.63. The lowest BCUT2D eigenvalue weighted by Gasteiger charge is -2.12. The molecule has 1 aromatic carbocycles. The molecule has 9 heteroatoms. The lowest BCUT2D eigenvalue weighted by molar-refractivity contribution is -0.137. The highest BCUT2D eigenvalue weighted by atomic mass is 35.5. The summed E-state index contributed by atoms with van der Waals surface area (Å²) in [5, 5.41) is 2.31. The fourth-order valence-electron chi connectivity index (χ4n) is 1.48. The van der Waals surface area contributed by atoms with Crippen molar-refractivity contribution in [3.05, 3.63) is 28.8 Å². The van der Waals surface area contributed by atoms with Crippen LogP contribution in [0.4, 0.5) is 18.9 Å². The third kappa shape index (κ3) is 5.18. The fourth-order valence-corrected chi connectivity index (χ4v) is 2.81. The van der Waals surface area contributed by atoms with Crippen molar-refractivity contribution in [1.29, 1.82) is 0 Å². The normalized spacial score (nSPS) is 12.4. The van der Waals surface area contributed by atoms with Crippen LogP contribution in [0.1, 0.15) is 12.0 Å². The first kappa shape index (κ1) is 17.1. The molecule has 2 N–H and O–H groups in total. The quantitative estimate of drug-likeness (QED) is 0.788. The second kappa shape index (κ2) is 6.64. The Morgan fingerprint density at radius 2 is 1.95 bits per heavy atom. The first-order chi connectivity index (χ1) is 9.15. The van der Waals surface area contributed by atoms with Gasteiger partial charge in [-0.05, 0) is 38.2 Å². The third-order valence-electron chi connectivity index (χ3n) is 2.38. The van der Waals surface area contributed by atoms with Crippen molar-refractivity contribution in [2.45, 2.75) is 12.6 Å². The molecule has 4 nitrogen and oxygen atoms in total. The molecule has 0 unspecified atom stereocenters. The highest BCUT2D eigenvalue weighted by Crippen LogP contribution is 2.36. The first-order valence-electron chi connectivity index (χ1n) is 5.67. The highest BCUT2D eigenvalue weighted by Gasteiger charge is 2.33. The maximum atomic E-state index is 12.6. The van der Waals surface area contributed by atoms with E-state index in [2.05, 4.69) is 10.0 Å². The van der Waals surface area contributed by atoms with Crippen molar-refractivity contribution in [1.82, 2.24) is 5.32 Å². The number of rotatable bonds is 6. The number of sulfonamides is 1. The predicted molar refractivity (Wildman–Crippen MR) is 72.4 cm³/mol. The molecule has 0 amide bonds. The topological polar surface area (TPSA) is 58.2 Å². The second-order valence-corrected chi connectivity index (χ2v) is 6.32. The summed E-state index contributed by atoms with van der Waals surface area (Å²) in [4.78, 5) is 0. The Balaban J connectivity index is 2.88. The summed E-state index contributed by atoms with van der Waals surface area (Å²) >= 11 is 5.45. The Labute approximate surface area is 120 Å². The van der Waals surface area contributed by atoms with Gasteiger partial charge in [0, 0.05) is 5.69 Å². The van der Waals surface area contributed by atoms with E-state index in [9.17, 15) is 21.6 Å². The number of halogens is 4. The molecule has 0 saturated heterocycles. The van der Waals surface area contributed by atoms with E-state index >= 15 is 0 Å². The molecule has 0 bridgehead atoms. The zero-order valence-corrected chi connectivity index (χ0v) is 12.2. The van der Waals surface area contributed by atoms with Crippen molar-refractivity contribution in [2.75, 3.05) is 24.1 Å². The van der Waals surface area contributed by atoms with Gasteiger partial charge in [0.15, 0.2) is 0 Å². The smallest absolute Gasteiger partial charge is 0.320 e. The molecular weight excluding hydrogens is 317 g/mol. The SMILES string of the molecule is CNCCCS(=O)(=O)Nc1ccc(Cl)c(C(F)(F)F)c1. The van der Waals surface area contributed by atoms with E-state index in [0.717, 1.165) is 6.07 Å². The van der Waals surface area contributed by atoms with Gasteiger partial charge in [-0.25, -0.2) is 8.42 Å². The second-order valence-electron chi connectivity index (χ2n) is 4.07. The Morgan fingerprint density at radius 1 is 1.30 bits per heavy atom. The van der Waals surface area contributed by atoms with E-state index in [-0.39, 0.29) is 11.4 Å². The summed E-state index contributed by atoms with van der Waals surface area (Å²) in [5.41, 5.74) is -1.24. The summed E-state index contributed by atoms with van der Waals surface area (Å²) in [5.74, 6) is -0.183. The average molecular weight is 331 g/mol. The van der Waals surface area contributed by atoms with Crippen LogP contribution in [0.25, 0.3) is 0 Å². The molecule has 0 heterocycles. The van der Waals surface area contributed by atoms with Gasteiger partial charge >= 0.3 is 6.18 Å². The van der Waals surface area contributed by atoms with Gasteiger partial charge in [0.25, 0.3) is 0 Å². The van der Waals surface area contributed by atoms with Crippen LogP contribution < -0.4 is 10.0 Å². The monoisotopic (exact) mass is 330 g/mol. The van der Waals surface area contributed by atoms with Crippen LogP contribution in [-0.4, -0.2) is 27.8 Å². The van der Waals surface area contributed by atoms with Crippen molar-refractivity contribution >= 4 is 27.3 Å². The maximum Gasteiger partial charge on any atom is 0.417 e. The minimum Gasteiger partial charge on any atom is -0.320 e. The largest absolute Gasteiger partial charge is 0.417 e. The van der Waals surface area contributed by atoms with Gasteiger partial charge in [0.2, 0.25) is 10.0 Å². The van der Waals surface area contributed by atoms with E-state index in [1.54, 1.807) is 7.05 Å². The predicted octanol–water partition coefficient (Wildman–Crippen LogP) is 2.71. The van der Waals surface area contributed by atoms with E-state index in [4.69, 9.17) is 11.6 Å². The Morgan fingerprint density at radius 3 is 2.50 bits per heavy atom. The van der Waals surface area contributed by atoms with Gasteiger partial charge in [-0.15, -0.1) is 0 Å². The molecule has 0 radical (unpaired) electrons. The van der Waals surface area contributed by atoms with Crippen LogP contribution >= 0.6 is 11.6 Å². The van der Waals surface area contributed by atoms with Gasteiger partial charge in [-0.3, -0.25) is 4.72 Å². The summed E-state index contributed by atoms with van der Waals surface area (Å²) in [6.45, 7) is 0.495. The molecule has 20 heavy (non-hydrogen) atoms. The van der Waals surface area contributed by atoms with E-state index < -0.39 is 26.8 Å². The summed E-state index contributed by atoms with van der Waals surface area (Å²) in [7, 11) is -2.01. The highest BCUT2D eigenvalue weighted by molar-refractivity contribution is 7.92. The fraction of sp³-hybridized carbons (Fsp3) is 0.455. The van der Waals surface area contributed by atoms with Gasteiger partial charge < -0.3 is 5.32 Å². The molecule has 0 aliphatic rings. The summed E-state index contributed by atoms with van der Waals surface area (Å²) < 4.78 is 63.4. The zero-order valence-electron chi connectivity index (χ0n) is 10.6. The lowest BCUT2D eigenvalue weighted by Crippen LogP contribution is -2.20. The van der Waals surface area contributed by atoms with Gasteiger partial charge in [-0.2, -0.15) is 13.2 Å². The number of nitrogens with one attached hydrogen (secondary N) is 2. The van der Waals surface area contributed by atoms with Crippen LogP contribution in [-0.2, 0) is 16.2 Å². The molecule has 0 atom stereocenters. The molecule has 114 valence electrons. The van der Waals surface area contributed by atoms with Crippen LogP contribution in [0.5, 0.6) is 0 Å². The van der Waals surface area contributed by atoms with Gasteiger partial charge in [-0.1, -0.05) is 11.6 Å². The molecule has 1 rings (SSSR count). The molecular formula is C11H14ClF3N2O2S. The molecule has 0 fully saturated rings. The average Bonchev–Trinajstić information content (AvgIpc) is 2.30. The van der Waals surface area contributed by atoms with Crippen LogP contribution in [0, 0.1) is 0 Å². The maximum absolute atomic E-state index is 12.6. The lowest BCUT2D eigenvalue weighted by atomic mass is 10.2. The van der Waals surface area contributed by atoms with Crippen molar-refractivity contribution in [3.8, 4) is 0 Å². The minimum absolute atomic E-state index is 0.161. The Bertz CT molecular complexity index is 561. The molecule has 0 aromatic heterocycles. The molecule has 0 aliphatic carbocycles. The van der Waals surface area contributed by atoms with Crippen molar-refractivity contribution < 1.29 is 21.6 Å². The van der Waals surface area contributed by atoms with Gasteiger partial charge in [0.05, 0.1) is 16.3 Å². The van der Waals surface area contributed by atoms with E-state index in [0.29, 0.717) is 19.0 Å². The number of hydrogen-bond acceptors (Lipinski definition) is 3. The number of benzene rings is 1. The van der Waals surface area contributed by atoms with Crippen LogP contribution in [0.2, 0.25) is 5.02 Å². The first-order valence-corrected chi connectivity index (χ1v) is 7.70. The third-order valence-corrected chi connectivity index (χ3v) is 4.09. The Kier molecular flexibility index (Phi) is 5.67. The standard InChI is InChI=1S/C11H14ClF3N2O2S/c1-16-5-2-6-20(18,19)17-8-3-4-10(12)9(7-8)11(13,14)15/h3-4,7,16-17H,2,5-6H2,1H3. The summed E-state index contributed by atoms with van der Waals surface area (Å²) in [6.07, 6.45) is -4.28. The van der Waals surface area contributed by atoms with E-state index in [1.165, 1.54) is 6.07 Å². The molecule has 0 spiro atoms. The number of alkyl halides is 3. The zero-order chi connectivity index (χ0) is 15.4. The summed E-state index contributed by atoms with van der Waals surface area (Å²) in [6, 6.07) is 2.88. The number of hydrogen-bond donors (Lipinski definition) is 2. The molecule has 0 aliphatic heterocycles. The number of anilines is 1. The molecule has 0 saturated carbocycles. The Hall–Kier alpha value is -0.990. The van der Waals surface area contributed by atoms with Crippen LogP contribution in [0.15, 0.2) is 18.2 Å². The van der Waals surface area contributed by atoms with Gasteiger partial charge in [0.1, 0.15) is 0 Å². The van der Waals surface area contributed by atoms with Crippen molar-refractivity contribution in [3.63, 3.8) is 0 Å². The van der Waals surface area contributed by atoms with Crippen molar-refractivity contribution in [2.24, 2.45) is 0 Å².